The average Bonchev–Trinajstić information content (AvgIpc) is 2.71. The smallest absolute Gasteiger partial charge is 0.410 e. The monoisotopic (exact) mass is 318 g/mol. The van der Waals surface area contributed by atoms with Crippen LogP contribution in [0.3, 0.4) is 0 Å². The molecule has 3 rings (SSSR count). The molecule has 0 bridgehead atoms. The van der Waals surface area contributed by atoms with E-state index in [2.05, 4.69) is 5.32 Å². The molecule has 0 unspecified atom stereocenters. The van der Waals surface area contributed by atoms with Gasteiger partial charge in [-0.3, -0.25) is 4.79 Å². The molecule has 6 nitrogen and oxygen atoms in total. The normalized spacial score (nSPS) is 19.4. The van der Waals surface area contributed by atoms with Crippen molar-refractivity contribution in [2.45, 2.75) is 44.6 Å². The van der Waals surface area contributed by atoms with Gasteiger partial charge in [0.25, 0.3) is 0 Å². The lowest BCUT2D eigenvalue weighted by Gasteiger charge is -2.38. The molecule has 2 N–H and O–H groups in total. The van der Waals surface area contributed by atoms with Crippen molar-refractivity contribution in [1.82, 2.24) is 4.90 Å². The Labute approximate surface area is 135 Å². The summed E-state index contributed by atoms with van der Waals surface area (Å²) in [6, 6.07) is 5.10. The number of amides is 2. The highest BCUT2D eigenvalue weighted by molar-refractivity contribution is 6.07. The quantitative estimate of drug-likeness (QED) is 0.771. The van der Waals surface area contributed by atoms with E-state index in [0.717, 1.165) is 0 Å². The number of ether oxygens (including phenoxy) is 1. The molecule has 1 spiro atoms. The van der Waals surface area contributed by atoms with Crippen LogP contribution in [0.4, 0.5) is 10.5 Å². The number of phenols is 1. The number of carbonyl (C=O) groups is 2. The van der Waals surface area contributed by atoms with Crippen LogP contribution in [0, 0.1) is 0 Å². The molecular formula is C17H22N2O4. The number of nitrogens with one attached hydrogen (secondary N) is 1. The molecule has 6 heteroatoms. The number of phenolic OH excluding ortho intramolecular Hbond substituents is 1. The van der Waals surface area contributed by atoms with Gasteiger partial charge in [-0.15, -0.1) is 0 Å². The van der Waals surface area contributed by atoms with E-state index in [1.807, 2.05) is 20.8 Å². The lowest BCUT2D eigenvalue weighted by atomic mass is 9.73. The predicted molar refractivity (Wildman–Crippen MR) is 85.5 cm³/mol. The maximum Gasteiger partial charge on any atom is 0.410 e. The van der Waals surface area contributed by atoms with Gasteiger partial charge in [-0.1, -0.05) is 6.07 Å². The van der Waals surface area contributed by atoms with Gasteiger partial charge >= 0.3 is 6.09 Å². The molecule has 0 radical (unpaired) electrons. The molecule has 1 fully saturated rings. The second-order valence-electron chi connectivity index (χ2n) is 7.20. The zero-order valence-corrected chi connectivity index (χ0v) is 13.7. The number of benzene rings is 1. The van der Waals surface area contributed by atoms with Gasteiger partial charge in [0.05, 0.1) is 5.41 Å². The van der Waals surface area contributed by atoms with Crippen LogP contribution < -0.4 is 5.32 Å². The molecule has 1 saturated heterocycles. The number of piperidine rings is 1. The molecule has 2 aliphatic heterocycles. The highest BCUT2D eigenvalue weighted by atomic mass is 16.6. The molecule has 1 aromatic carbocycles. The number of carbonyl (C=O) groups excluding carboxylic acids is 2. The highest BCUT2D eigenvalue weighted by Crippen LogP contribution is 2.48. The van der Waals surface area contributed by atoms with Crippen molar-refractivity contribution in [2.24, 2.45) is 0 Å². The molecule has 2 aliphatic rings. The van der Waals surface area contributed by atoms with Crippen LogP contribution in [0.5, 0.6) is 5.75 Å². The third kappa shape index (κ3) is 2.62. The minimum atomic E-state index is -0.751. The van der Waals surface area contributed by atoms with Crippen molar-refractivity contribution in [2.75, 3.05) is 18.4 Å². The fraction of sp³-hybridized carbons (Fsp3) is 0.529. The lowest BCUT2D eigenvalue weighted by Crippen LogP contribution is -2.49. The van der Waals surface area contributed by atoms with Gasteiger partial charge in [-0.25, -0.2) is 4.79 Å². The first-order chi connectivity index (χ1) is 10.7. The second-order valence-corrected chi connectivity index (χ2v) is 7.20. The Morgan fingerprint density at radius 1 is 1.30 bits per heavy atom. The van der Waals surface area contributed by atoms with Crippen LogP contribution in [0.2, 0.25) is 0 Å². The maximum absolute atomic E-state index is 12.5. The summed E-state index contributed by atoms with van der Waals surface area (Å²) in [5, 5.41) is 13.0. The molecule has 23 heavy (non-hydrogen) atoms. The van der Waals surface area contributed by atoms with Crippen LogP contribution in [0.15, 0.2) is 18.2 Å². The number of nitrogens with zero attached hydrogens (tertiary/aromatic N) is 1. The van der Waals surface area contributed by atoms with E-state index in [0.29, 0.717) is 37.2 Å². The van der Waals surface area contributed by atoms with E-state index in [9.17, 15) is 14.7 Å². The number of hydrogen-bond donors (Lipinski definition) is 2. The number of rotatable bonds is 0. The van der Waals surface area contributed by atoms with Crippen LogP contribution in [0.1, 0.15) is 39.2 Å². The number of hydrogen-bond acceptors (Lipinski definition) is 4. The van der Waals surface area contributed by atoms with E-state index in [1.165, 1.54) is 0 Å². The van der Waals surface area contributed by atoms with Crippen LogP contribution in [-0.2, 0) is 14.9 Å². The highest BCUT2D eigenvalue weighted by Gasteiger charge is 2.50. The van der Waals surface area contributed by atoms with Crippen molar-refractivity contribution in [3.63, 3.8) is 0 Å². The predicted octanol–water partition coefficient (Wildman–Crippen LogP) is 2.61. The largest absolute Gasteiger partial charge is 0.508 e. The molecule has 1 aromatic rings. The summed E-state index contributed by atoms with van der Waals surface area (Å²) in [5.74, 6) is 0.0319. The topological polar surface area (TPSA) is 78.9 Å². The SMILES string of the molecule is CC(C)(C)OC(=O)N1CCC2(CC1)C(=O)Nc1cccc(O)c12. The average molecular weight is 318 g/mol. The summed E-state index contributed by atoms with van der Waals surface area (Å²) in [4.78, 5) is 26.3. The zero-order valence-electron chi connectivity index (χ0n) is 13.7. The number of anilines is 1. The Kier molecular flexibility index (Phi) is 3.50. The van der Waals surface area contributed by atoms with Gasteiger partial charge in [0.2, 0.25) is 5.91 Å². The molecule has 0 atom stereocenters. The van der Waals surface area contributed by atoms with Crippen molar-refractivity contribution >= 4 is 17.7 Å². The molecule has 2 heterocycles. The number of fused-ring (bicyclic) bond motifs is 2. The zero-order chi connectivity index (χ0) is 16.8. The molecule has 2 amide bonds. The first-order valence-corrected chi connectivity index (χ1v) is 7.85. The van der Waals surface area contributed by atoms with Gasteiger partial charge in [-0.2, -0.15) is 0 Å². The summed E-state index contributed by atoms with van der Waals surface area (Å²) in [7, 11) is 0. The van der Waals surface area contributed by atoms with E-state index >= 15 is 0 Å². The van der Waals surface area contributed by atoms with Gasteiger partial charge in [0, 0.05) is 24.3 Å². The number of aromatic hydroxyl groups is 1. The fourth-order valence-electron chi connectivity index (χ4n) is 3.38. The van der Waals surface area contributed by atoms with Gasteiger partial charge < -0.3 is 20.1 Å². The van der Waals surface area contributed by atoms with Crippen LogP contribution in [0.25, 0.3) is 0 Å². The van der Waals surface area contributed by atoms with E-state index < -0.39 is 11.0 Å². The summed E-state index contributed by atoms with van der Waals surface area (Å²) >= 11 is 0. The Bertz CT molecular complexity index is 655. The van der Waals surface area contributed by atoms with Crippen molar-refractivity contribution in [3.05, 3.63) is 23.8 Å². The van der Waals surface area contributed by atoms with Crippen LogP contribution in [-0.4, -0.2) is 40.7 Å². The first-order valence-electron chi connectivity index (χ1n) is 7.85. The Hall–Kier alpha value is -2.24. The standard InChI is InChI=1S/C17H22N2O4/c1-16(2,3)23-15(22)19-9-7-17(8-10-19)13-11(18-14(17)21)5-4-6-12(13)20/h4-6,20H,7-10H2,1-3H3,(H,18,21). The second kappa shape index (κ2) is 5.15. The van der Waals surface area contributed by atoms with E-state index in [-0.39, 0.29) is 17.7 Å². The summed E-state index contributed by atoms with van der Waals surface area (Å²) in [6.45, 7) is 6.34. The summed E-state index contributed by atoms with van der Waals surface area (Å²) < 4.78 is 5.39. The molecular weight excluding hydrogens is 296 g/mol. The summed E-state index contributed by atoms with van der Waals surface area (Å²) in [6.07, 6.45) is 0.592. The molecule has 124 valence electrons. The van der Waals surface area contributed by atoms with Gasteiger partial charge in [0.15, 0.2) is 0 Å². The van der Waals surface area contributed by atoms with Gasteiger partial charge in [-0.05, 0) is 45.7 Å². The van der Waals surface area contributed by atoms with Gasteiger partial charge in [0.1, 0.15) is 11.4 Å². The Morgan fingerprint density at radius 2 is 1.96 bits per heavy atom. The third-order valence-electron chi connectivity index (χ3n) is 4.47. The minimum Gasteiger partial charge on any atom is -0.508 e. The van der Waals surface area contributed by atoms with E-state index in [1.54, 1.807) is 23.1 Å². The Morgan fingerprint density at radius 3 is 2.57 bits per heavy atom. The van der Waals surface area contributed by atoms with Crippen LogP contribution >= 0.6 is 0 Å². The van der Waals surface area contributed by atoms with Crippen molar-refractivity contribution < 1.29 is 19.4 Å². The lowest BCUT2D eigenvalue weighted by molar-refractivity contribution is -0.122. The number of likely N-dealkylation sites (tertiary alicyclic amines) is 1. The van der Waals surface area contributed by atoms with E-state index in [4.69, 9.17) is 4.74 Å². The maximum atomic E-state index is 12.5. The minimum absolute atomic E-state index is 0.0992. The third-order valence-corrected chi connectivity index (χ3v) is 4.47. The van der Waals surface area contributed by atoms with Crippen molar-refractivity contribution in [1.29, 1.82) is 0 Å². The Balaban J connectivity index is 1.79. The molecule has 0 aromatic heterocycles. The fourth-order valence-corrected chi connectivity index (χ4v) is 3.38. The molecule has 0 aliphatic carbocycles. The first kappa shape index (κ1) is 15.6. The van der Waals surface area contributed by atoms with Crippen molar-refractivity contribution in [3.8, 4) is 5.75 Å². The summed E-state index contributed by atoms with van der Waals surface area (Å²) in [5.41, 5.74) is 0.0376. The molecule has 0 saturated carbocycles.